The molecule has 0 radical (unpaired) electrons. The standard InChI is InChI=1S/C19H15N3O3/c23-21(24)13-17-15-9-4-5-10-16(15)20-19(18-11-6-12-25-18)22(17)14-7-2-1-3-8-14/h1-12,17H,13H2. The normalized spacial score (nSPS) is 16.2. The number of fused-ring (bicyclic) bond motifs is 1. The Kier molecular flexibility index (Phi) is 3.78. The lowest BCUT2D eigenvalue weighted by atomic mass is 9.99. The van der Waals surface area contributed by atoms with Crippen LogP contribution in [-0.2, 0) is 0 Å². The quantitative estimate of drug-likeness (QED) is 0.530. The molecule has 1 aliphatic rings. The molecule has 0 fully saturated rings. The Morgan fingerprint density at radius 3 is 2.52 bits per heavy atom. The highest BCUT2D eigenvalue weighted by molar-refractivity contribution is 6.11. The fourth-order valence-corrected chi connectivity index (χ4v) is 3.12. The minimum Gasteiger partial charge on any atom is -0.461 e. The summed E-state index contributed by atoms with van der Waals surface area (Å²) in [7, 11) is 0. The summed E-state index contributed by atoms with van der Waals surface area (Å²) in [5.41, 5.74) is 2.39. The molecule has 2 aromatic carbocycles. The molecule has 6 nitrogen and oxygen atoms in total. The summed E-state index contributed by atoms with van der Waals surface area (Å²) < 4.78 is 5.55. The van der Waals surface area contributed by atoms with Crippen LogP contribution < -0.4 is 4.90 Å². The maximum Gasteiger partial charge on any atom is 0.228 e. The van der Waals surface area contributed by atoms with Crippen molar-refractivity contribution in [2.45, 2.75) is 6.04 Å². The van der Waals surface area contributed by atoms with Gasteiger partial charge < -0.3 is 9.32 Å². The summed E-state index contributed by atoms with van der Waals surface area (Å²) in [6, 6.07) is 20.2. The summed E-state index contributed by atoms with van der Waals surface area (Å²) in [6.07, 6.45) is 1.57. The zero-order valence-electron chi connectivity index (χ0n) is 13.3. The summed E-state index contributed by atoms with van der Waals surface area (Å²) in [6.45, 7) is -0.231. The highest BCUT2D eigenvalue weighted by Crippen LogP contribution is 2.39. The summed E-state index contributed by atoms with van der Waals surface area (Å²) in [4.78, 5) is 17.7. The maximum atomic E-state index is 11.4. The highest BCUT2D eigenvalue weighted by Gasteiger charge is 2.36. The first-order chi connectivity index (χ1) is 12.2. The van der Waals surface area contributed by atoms with Crippen molar-refractivity contribution in [3.05, 3.63) is 94.4 Å². The summed E-state index contributed by atoms with van der Waals surface area (Å²) >= 11 is 0. The molecule has 3 aromatic rings. The van der Waals surface area contributed by atoms with Crippen molar-refractivity contribution in [1.29, 1.82) is 0 Å². The molecular formula is C19H15N3O3. The number of anilines is 1. The number of furan rings is 1. The van der Waals surface area contributed by atoms with Gasteiger partial charge in [-0.05, 0) is 30.3 Å². The number of rotatable bonds is 4. The fourth-order valence-electron chi connectivity index (χ4n) is 3.12. The van der Waals surface area contributed by atoms with Crippen molar-refractivity contribution < 1.29 is 9.34 Å². The fraction of sp³-hybridized carbons (Fsp3) is 0.105. The van der Waals surface area contributed by atoms with Gasteiger partial charge in [-0.3, -0.25) is 10.1 Å². The highest BCUT2D eigenvalue weighted by atomic mass is 16.6. The molecule has 4 rings (SSSR count). The summed E-state index contributed by atoms with van der Waals surface area (Å²) in [5.74, 6) is 1.15. The third-order valence-corrected chi connectivity index (χ3v) is 4.16. The third-order valence-electron chi connectivity index (χ3n) is 4.16. The lowest BCUT2D eigenvalue weighted by molar-refractivity contribution is -0.483. The van der Waals surface area contributed by atoms with Gasteiger partial charge in [0.15, 0.2) is 11.6 Å². The molecule has 0 spiro atoms. The van der Waals surface area contributed by atoms with Gasteiger partial charge in [0.2, 0.25) is 6.54 Å². The molecule has 0 saturated heterocycles. The van der Waals surface area contributed by atoms with Crippen LogP contribution in [0.15, 0.2) is 82.4 Å². The van der Waals surface area contributed by atoms with Crippen molar-refractivity contribution in [3.8, 4) is 0 Å². The molecule has 1 unspecified atom stereocenters. The van der Waals surface area contributed by atoms with E-state index in [0.29, 0.717) is 11.6 Å². The largest absolute Gasteiger partial charge is 0.461 e. The van der Waals surface area contributed by atoms with Crippen LogP contribution in [0.4, 0.5) is 11.4 Å². The van der Waals surface area contributed by atoms with Crippen LogP contribution in [0.3, 0.4) is 0 Å². The van der Waals surface area contributed by atoms with Crippen LogP contribution in [-0.4, -0.2) is 17.3 Å². The molecule has 0 amide bonds. The number of nitrogens with zero attached hydrogens (tertiary/aromatic N) is 3. The van der Waals surface area contributed by atoms with E-state index in [4.69, 9.17) is 9.41 Å². The van der Waals surface area contributed by atoms with Crippen molar-refractivity contribution >= 4 is 17.2 Å². The zero-order valence-corrected chi connectivity index (χ0v) is 13.3. The monoisotopic (exact) mass is 333 g/mol. The van der Waals surface area contributed by atoms with E-state index >= 15 is 0 Å². The minimum atomic E-state index is -0.466. The Balaban J connectivity index is 1.94. The number of nitro groups is 1. The van der Waals surface area contributed by atoms with Crippen molar-refractivity contribution in [2.75, 3.05) is 11.4 Å². The van der Waals surface area contributed by atoms with E-state index in [-0.39, 0.29) is 11.5 Å². The Hall–Kier alpha value is -3.41. The molecule has 0 bridgehead atoms. The SMILES string of the molecule is O=[N+]([O-])CC1c2ccccc2N=C(c2ccco2)N1c1ccccc1. The van der Waals surface area contributed by atoms with Gasteiger partial charge in [0.1, 0.15) is 6.04 Å². The number of aliphatic imine (C=N–C) groups is 1. The first-order valence-corrected chi connectivity index (χ1v) is 7.91. The second-order valence-corrected chi connectivity index (χ2v) is 5.71. The van der Waals surface area contributed by atoms with E-state index in [1.165, 1.54) is 0 Å². The van der Waals surface area contributed by atoms with Crippen molar-refractivity contribution in [1.82, 2.24) is 0 Å². The first kappa shape index (κ1) is 15.1. The lowest BCUT2D eigenvalue weighted by Gasteiger charge is -2.35. The van der Waals surface area contributed by atoms with E-state index in [0.717, 1.165) is 16.9 Å². The second-order valence-electron chi connectivity index (χ2n) is 5.71. The number of para-hydroxylation sites is 2. The second kappa shape index (κ2) is 6.24. The topological polar surface area (TPSA) is 71.9 Å². The van der Waals surface area contributed by atoms with E-state index < -0.39 is 6.04 Å². The smallest absolute Gasteiger partial charge is 0.228 e. The van der Waals surface area contributed by atoms with Crippen LogP contribution in [0, 0.1) is 10.1 Å². The van der Waals surface area contributed by atoms with Crippen LogP contribution >= 0.6 is 0 Å². The predicted molar refractivity (Wildman–Crippen MR) is 94.9 cm³/mol. The van der Waals surface area contributed by atoms with Gasteiger partial charge in [0, 0.05) is 16.2 Å². The lowest BCUT2D eigenvalue weighted by Crippen LogP contribution is -2.40. The van der Waals surface area contributed by atoms with Gasteiger partial charge in [-0.2, -0.15) is 0 Å². The Morgan fingerprint density at radius 2 is 1.80 bits per heavy atom. The third kappa shape index (κ3) is 2.78. The molecular weight excluding hydrogens is 318 g/mol. The van der Waals surface area contributed by atoms with Crippen molar-refractivity contribution in [3.63, 3.8) is 0 Å². The average molecular weight is 333 g/mol. The molecule has 2 heterocycles. The number of benzene rings is 2. The average Bonchev–Trinajstić information content (AvgIpc) is 3.16. The maximum absolute atomic E-state index is 11.4. The summed E-state index contributed by atoms with van der Waals surface area (Å²) in [5, 5.41) is 11.4. The van der Waals surface area contributed by atoms with E-state index in [1.54, 1.807) is 12.3 Å². The van der Waals surface area contributed by atoms with E-state index in [1.807, 2.05) is 65.6 Å². The van der Waals surface area contributed by atoms with Crippen LogP contribution in [0.25, 0.3) is 0 Å². The Bertz CT molecular complexity index is 920. The molecule has 0 N–H and O–H groups in total. The number of hydrogen-bond acceptors (Lipinski definition) is 5. The molecule has 0 saturated carbocycles. The first-order valence-electron chi connectivity index (χ1n) is 7.91. The minimum absolute atomic E-state index is 0.231. The number of amidine groups is 1. The van der Waals surface area contributed by atoms with Gasteiger partial charge in [0.05, 0.1) is 12.0 Å². The van der Waals surface area contributed by atoms with E-state index in [2.05, 4.69) is 0 Å². The molecule has 1 atom stereocenters. The van der Waals surface area contributed by atoms with E-state index in [9.17, 15) is 10.1 Å². The van der Waals surface area contributed by atoms with Gasteiger partial charge in [-0.1, -0.05) is 36.4 Å². The zero-order chi connectivity index (χ0) is 17.2. The molecule has 1 aromatic heterocycles. The number of hydrogen-bond donors (Lipinski definition) is 0. The van der Waals surface area contributed by atoms with Gasteiger partial charge in [-0.15, -0.1) is 0 Å². The van der Waals surface area contributed by atoms with Crippen LogP contribution in [0.2, 0.25) is 0 Å². The van der Waals surface area contributed by atoms with Gasteiger partial charge in [-0.25, -0.2) is 4.99 Å². The molecule has 6 heteroatoms. The van der Waals surface area contributed by atoms with Gasteiger partial charge >= 0.3 is 0 Å². The molecule has 124 valence electrons. The Labute approximate surface area is 144 Å². The molecule has 1 aliphatic heterocycles. The molecule has 0 aliphatic carbocycles. The van der Waals surface area contributed by atoms with Gasteiger partial charge in [0.25, 0.3) is 0 Å². The molecule has 25 heavy (non-hydrogen) atoms. The van der Waals surface area contributed by atoms with Crippen LogP contribution in [0.5, 0.6) is 0 Å². The Morgan fingerprint density at radius 1 is 1.04 bits per heavy atom. The van der Waals surface area contributed by atoms with Crippen LogP contribution in [0.1, 0.15) is 17.4 Å². The van der Waals surface area contributed by atoms with Crippen molar-refractivity contribution in [2.24, 2.45) is 4.99 Å². The predicted octanol–water partition coefficient (Wildman–Crippen LogP) is 4.20.